The summed E-state index contributed by atoms with van der Waals surface area (Å²) >= 11 is 0. The molecule has 1 aliphatic heterocycles. The summed E-state index contributed by atoms with van der Waals surface area (Å²) in [6, 6.07) is 0. The number of methoxy groups -OCH3 is 1. The number of hydrogen-bond acceptors (Lipinski definition) is 4. The van der Waals surface area contributed by atoms with Gasteiger partial charge in [0.2, 0.25) is 0 Å². The summed E-state index contributed by atoms with van der Waals surface area (Å²) in [5.74, 6) is 1.64. The minimum absolute atomic E-state index is 0.207. The van der Waals surface area contributed by atoms with Crippen LogP contribution in [-0.4, -0.2) is 17.1 Å². The molecule has 0 aromatic carbocycles. The zero-order valence-electron chi connectivity index (χ0n) is 11.5. The molecule has 4 heteroatoms. The Morgan fingerprint density at radius 1 is 1.16 bits per heavy atom. The fourth-order valence-electron chi connectivity index (χ4n) is 3.56. The Morgan fingerprint density at radius 2 is 1.95 bits per heavy atom. The van der Waals surface area contributed by atoms with Gasteiger partial charge >= 0.3 is 0 Å². The van der Waals surface area contributed by atoms with Crippen LogP contribution in [0.25, 0.3) is 0 Å². The molecule has 0 bridgehead atoms. The first kappa shape index (κ1) is 11.8. The third-order valence-electron chi connectivity index (χ3n) is 4.89. The van der Waals surface area contributed by atoms with Crippen molar-refractivity contribution in [3.05, 3.63) is 22.8 Å². The van der Waals surface area contributed by atoms with Crippen LogP contribution in [0.15, 0.2) is 0 Å². The molecule has 0 amide bonds. The van der Waals surface area contributed by atoms with Crippen molar-refractivity contribution >= 4 is 0 Å². The monoisotopic (exact) mass is 259 g/mol. The molecule has 0 saturated heterocycles. The lowest BCUT2D eigenvalue weighted by atomic mass is 9.99. The third kappa shape index (κ3) is 1.81. The molecule has 19 heavy (non-hydrogen) atoms. The van der Waals surface area contributed by atoms with Gasteiger partial charge in [-0.2, -0.15) is 0 Å². The van der Waals surface area contributed by atoms with Crippen LogP contribution in [0, 0.1) is 0 Å². The van der Waals surface area contributed by atoms with Crippen LogP contribution < -0.4 is 5.32 Å². The standard InChI is InChI=1S/C15H21N3O/c1-19-15(6-2-3-7-15)14-17-12-9-16-8-11(12)13(18-14)10-4-5-10/h10,16H,2-9H2,1H3. The molecule has 1 aromatic rings. The Bertz CT molecular complexity index is 504. The Balaban J connectivity index is 1.82. The lowest BCUT2D eigenvalue weighted by Gasteiger charge is -2.26. The van der Waals surface area contributed by atoms with Crippen molar-refractivity contribution in [3.63, 3.8) is 0 Å². The van der Waals surface area contributed by atoms with Crippen molar-refractivity contribution in [2.45, 2.75) is 63.1 Å². The number of nitrogens with one attached hydrogen (secondary N) is 1. The molecule has 1 aromatic heterocycles. The highest BCUT2D eigenvalue weighted by atomic mass is 16.5. The van der Waals surface area contributed by atoms with E-state index in [9.17, 15) is 0 Å². The molecule has 0 atom stereocenters. The highest BCUT2D eigenvalue weighted by Crippen LogP contribution is 2.45. The van der Waals surface area contributed by atoms with Crippen LogP contribution in [0.3, 0.4) is 0 Å². The van der Waals surface area contributed by atoms with Crippen molar-refractivity contribution in [2.75, 3.05) is 7.11 Å². The van der Waals surface area contributed by atoms with Crippen molar-refractivity contribution in [2.24, 2.45) is 0 Å². The fraction of sp³-hybridized carbons (Fsp3) is 0.733. The normalized spacial score (nSPS) is 24.7. The molecular weight excluding hydrogens is 238 g/mol. The van der Waals surface area contributed by atoms with Gasteiger partial charge in [-0.25, -0.2) is 9.97 Å². The van der Waals surface area contributed by atoms with Crippen molar-refractivity contribution in [1.82, 2.24) is 15.3 Å². The van der Waals surface area contributed by atoms with E-state index in [0.717, 1.165) is 31.8 Å². The minimum atomic E-state index is -0.207. The van der Waals surface area contributed by atoms with Crippen LogP contribution in [0.2, 0.25) is 0 Å². The summed E-state index contributed by atoms with van der Waals surface area (Å²) in [5, 5.41) is 3.42. The summed E-state index contributed by atoms with van der Waals surface area (Å²) in [5.41, 5.74) is 3.69. The number of aromatic nitrogens is 2. The van der Waals surface area contributed by atoms with E-state index in [1.807, 2.05) is 7.11 Å². The second kappa shape index (κ2) is 4.25. The molecule has 4 rings (SSSR count). The highest BCUT2D eigenvalue weighted by Gasteiger charge is 2.41. The van der Waals surface area contributed by atoms with Gasteiger partial charge in [-0.05, 0) is 38.5 Å². The summed E-state index contributed by atoms with van der Waals surface area (Å²) < 4.78 is 5.85. The molecule has 0 radical (unpaired) electrons. The quantitative estimate of drug-likeness (QED) is 0.905. The highest BCUT2D eigenvalue weighted by molar-refractivity contribution is 5.34. The number of ether oxygens (including phenoxy) is 1. The molecule has 2 saturated carbocycles. The van der Waals surface area contributed by atoms with Gasteiger partial charge in [-0.1, -0.05) is 0 Å². The molecule has 2 heterocycles. The van der Waals surface area contributed by atoms with Crippen LogP contribution in [0.5, 0.6) is 0 Å². The molecule has 3 aliphatic rings. The molecular formula is C15H21N3O. The van der Waals surface area contributed by atoms with Crippen LogP contribution in [0.4, 0.5) is 0 Å². The summed E-state index contributed by atoms with van der Waals surface area (Å²) in [6.45, 7) is 1.84. The van der Waals surface area contributed by atoms with Crippen molar-refractivity contribution in [3.8, 4) is 0 Å². The van der Waals surface area contributed by atoms with E-state index in [4.69, 9.17) is 14.7 Å². The maximum Gasteiger partial charge on any atom is 0.160 e. The Morgan fingerprint density at radius 3 is 2.63 bits per heavy atom. The van der Waals surface area contributed by atoms with Crippen molar-refractivity contribution < 1.29 is 4.74 Å². The summed E-state index contributed by atoms with van der Waals surface area (Å²) in [6.07, 6.45) is 7.18. The van der Waals surface area contributed by atoms with E-state index in [1.54, 1.807) is 0 Å². The van der Waals surface area contributed by atoms with Crippen molar-refractivity contribution in [1.29, 1.82) is 0 Å². The van der Waals surface area contributed by atoms with Crippen LogP contribution in [0.1, 0.15) is 67.2 Å². The SMILES string of the molecule is COC1(c2nc3c(c(C4CC4)n2)CNC3)CCCC1. The first-order chi connectivity index (χ1) is 9.32. The first-order valence-electron chi connectivity index (χ1n) is 7.48. The first-order valence-corrected chi connectivity index (χ1v) is 7.48. The number of hydrogen-bond donors (Lipinski definition) is 1. The van der Waals surface area contributed by atoms with E-state index < -0.39 is 0 Å². The average Bonchev–Trinajstić information content (AvgIpc) is 2.99. The molecule has 2 aliphatic carbocycles. The maximum atomic E-state index is 5.85. The van der Waals surface area contributed by atoms with Crippen LogP contribution >= 0.6 is 0 Å². The predicted octanol–water partition coefficient (Wildman–Crippen LogP) is 2.37. The van der Waals surface area contributed by atoms with Gasteiger partial charge in [0.05, 0.1) is 11.4 Å². The molecule has 1 N–H and O–H groups in total. The fourth-order valence-corrected chi connectivity index (χ4v) is 3.56. The van der Waals surface area contributed by atoms with E-state index in [0.29, 0.717) is 5.92 Å². The molecule has 0 unspecified atom stereocenters. The van der Waals surface area contributed by atoms with E-state index in [1.165, 1.54) is 42.6 Å². The predicted molar refractivity (Wildman–Crippen MR) is 71.7 cm³/mol. The average molecular weight is 259 g/mol. The zero-order valence-corrected chi connectivity index (χ0v) is 11.5. The summed E-state index contributed by atoms with van der Waals surface area (Å²) in [4.78, 5) is 9.81. The van der Waals surface area contributed by atoms with Gasteiger partial charge in [0, 0.05) is 31.7 Å². The van der Waals surface area contributed by atoms with E-state index in [-0.39, 0.29) is 5.60 Å². The van der Waals surface area contributed by atoms with Gasteiger partial charge in [-0.3, -0.25) is 0 Å². The number of rotatable bonds is 3. The number of nitrogens with zero attached hydrogens (tertiary/aromatic N) is 2. The van der Waals surface area contributed by atoms with E-state index >= 15 is 0 Å². The zero-order chi connectivity index (χ0) is 12.9. The second-order valence-electron chi connectivity index (χ2n) is 6.14. The van der Waals surface area contributed by atoms with E-state index in [2.05, 4.69) is 5.32 Å². The summed E-state index contributed by atoms with van der Waals surface area (Å²) in [7, 11) is 1.82. The Kier molecular flexibility index (Phi) is 2.64. The van der Waals surface area contributed by atoms with Gasteiger partial charge in [0.1, 0.15) is 5.60 Å². The molecule has 4 nitrogen and oxygen atoms in total. The van der Waals surface area contributed by atoms with Crippen LogP contribution in [-0.2, 0) is 23.4 Å². The van der Waals surface area contributed by atoms with Gasteiger partial charge < -0.3 is 10.1 Å². The van der Waals surface area contributed by atoms with Gasteiger partial charge in [0.25, 0.3) is 0 Å². The second-order valence-corrected chi connectivity index (χ2v) is 6.14. The lowest BCUT2D eigenvalue weighted by Crippen LogP contribution is -2.28. The van der Waals surface area contributed by atoms with Gasteiger partial charge in [-0.15, -0.1) is 0 Å². The third-order valence-corrected chi connectivity index (χ3v) is 4.89. The smallest absolute Gasteiger partial charge is 0.160 e. The van der Waals surface area contributed by atoms with Gasteiger partial charge in [0.15, 0.2) is 5.82 Å². The lowest BCUT2D eigenvalue weighted by molar-refractivity contribution is -0.0166. The Labute approximate surface area is 114 Å². The topological polar surface area (TPSA) is 47.0 Å². The maximum absolute atomic E-state index is 5.85. The number of fused-ring (bicyclic) bond motifs is 1. The Hall–Kier alpha value is -1.00. The largest absolute Gasteiger partial charge is 0.370 e. The minimum Gasteiger partial charge on any atom is -0.370 e. The molecule has 2 fully saturated rings. The molecule has 0 spiro atoms. The molecule has 102 valence electrons.